The standard InChI is InChI=1S/C30H25N2.C15H28O2.Ir/c1-18(2)20-15-16-24(23-12-8-7-11-22(20)23)28-27-29(32-17-31-28)25-14-13-19-9-5-6-10-21(19)26(25)30(27,3)4;1-7-14(5,8-2)12(16)11-13(17)15(6,9-3)10-4;/h5-15,17-18H,1-4H3;11,16H,7-10H2,1-6H3;/q-1;;/b;12-11-;. The normalized spacial score (nSPS) is 13.8. The van der Waals surface area contributed by atoms with Gasteiger partial charge in [0, 0.05) is 48.0 Å². The maximum atomic E-state index is 12.2. The molecule has 1 aliphatic carbocycles. The zero-order chi connectivity index (χ0) is 35.7. The zero-order valence-corrected chi connectivity index (χ0v) is 33.9. The van der Waals surface area contributed by atoms with Crippen molar-refractivity contribution in [2.24, 2.45) is 10.8 Å². The van der Waals surface area contributed by atoms with Crippen LogP contribution in [0.4, 0.5) is 0 Å². The number of ketones is 1. The van der Waals surface area contributed by atoms with Crippen LogP contribution in [-0.2, 0) is 30.3 Å². The Labute approximate surface area is 313 Å². The van der Waals surface area contributed by atoms with Crippen molar-refractivity contribution in [3.63, 3.8) is 0 Å². The molecule has 0 fully saturated rings. The van der Waals surface area contributed by atoms with E-state index in [0.717, 1.165) is 42.6 Å². The van der Waals surface area contributed by atoms with Crippen LogP contribution in [0, 0.1) is 16.9 Å². The quantitative estimate of drug-likeness (QED) is 0.0912. The zero-order valence-electron chi connectivity index (χ0n) is 31.5. The van der Waals surface area contributed by atoms with Gasteiger partial charge in [-0.05, 0) is 53.3 Å². The summed E-state index contributed by atoms with van der Waals surface area (Å²) in [6.07, 6.45) is 6.47. The third kappa shape index (κ3) is 6.84. The van der Waals surface area contributed by atoms with Crippen molar-refractivity contribution in [3.05, 3.63) is 108 Å². The third-order valence-electron chi connectivity index (χ3n) is 11.6. The number of allylic oxidation sites excluding steroid dienone is 2. The Bertz CT molecular complexity index is 2030. The predicted octanol–water partition coefficient (Wildman–Crippen LogP) is 12.3. The Morgan fingerprint density at radius 3 is 1.96 bits per heavy atom. The summed E-state index contributed by atoms with van der Waals surface area (Å²) in [4.78, 5) is 21.8. The van der Waals surface area contributed by atoms with Crippen LogP contribution in [0.15, 0.2) is 84.9 Å². The number of rotatable bonds is 9. The van der Waals surface area contributed by atoms with E-state index in [0.29, 0.717) is 5.92 Å². The number of nitrogens with zero attached hydrogens (tertiary/aromatic N) is 2. The molecule has 0 amide bonds. The second-order valence-corrected chi connectivity index (χ2v) is 15.0. The molecule has 4 nitrogen and oxygen atoms in total. The molecule has 0 aliphatic heterocycles. The number of aliphatic hydroxyl groups excluding tert-OH is 1. The maximum absolute atomic E-state index is 12.2. The number of carbonyl (C=O) groups is 1. The van der Waals surface area contributed by atoms with Gasteiger partial charge >= 0.3 is 0 Å². The molecule has 0 bridgehead atoms. The Kier molecular flexibility index (Phi) is 12.0. The molecule has 0 saturated heterocycles. The Morgan fingerprint density at radius 2 is 1.36 bits per heavy atom. The van der Waals surface area contributed by atoms with Gasteiger partial charge in [0.2, 0.25) is 0 Å². The SMILES string of the molecule is CC(C)c1c[c-]c(-c2ncnc3c2C(C)(C)c2c-3ccc3ccccc23)c2ccccc12.CCC(C)(CC)C(=O)/C=C(\O)C(C)(CC)CC.[Ir]. The summed E-state index contributed by atoms with van der Waals surface area (Å²) in [5.74, 6) is 0.724. The number of aromatic nitrogens is 2. The van der Waals surface area contributed by atoms with Gasteiger partial charge in [0.05, 0.1) is 5.69 Å². The van der Waals surface area contributed by atoms with Gasteiger partial charge in [-0.1, -0.05) is 147 Å². The summed E-state index contributed by atoms with van der Waals surface area (Å²) in [5, 5.41) is 15.2. The molecule has 1 N–H and O–H groups in total. The van der Waals surface area contributed by atoms with Gasteiger partial charge in [-0.15, -0.1) is 23.3 Å². The van der Waals surface area contributed by atoms with Crippen molar-refractivity contribution in [1.29, 1.82) is 0 Å². The number of fused-ring (bicyclic) bond motifs is 6. The van der Waals surface area contributed by atoms with Crippen LogP contribution >= 0.6 is 0 Å². The van der Waals surface area contributed by atoms with Crippen molar-refractivity contribution in [2.45, 2.75) is 106 Å². The van der Waals surface area contributed by atoms with Gasteiger partial charge in [0.25, 0.3) is 0 Å². The molecule has 4 aromatic carbocycles. The summed E-state index contributed by atoms with van der Waals surface area (Å²) in [5.41, 5.74) is 7.37. The number of aliphatic hydroxyl groups is 1. The average Bonchev–Trinajstić information content (AvgIpc) is 3.37. The number of benzene rings is 4. The first-order chi connectivity index (χ1) is 23.3. The topological polar surface area (TPSA) is 63.1 Å². The summed E-state index contributed by atoms with van der Waals surface area (Å²) >= 11 is 0. The monoisotopic (exact) mass is 846 g/mol. The van der Waals surface area contributed by atoms with E-state index < -0.39 is 0 Å². The molecule has 1 aromatic heterocycles. The van der Waals surface area contributed by atoms with Gasteiger partial charge < -0.3 is 5.11 Å². The van der Waals surface area contributed by atoms with E-state index in [9.17, 15) is 9.90 Å². The van der Waals surface area contributed by atoms with Crippen molar-refractivity contribution in [2.75, 3.05) is 0 Å². The van der Waals surface area contributed by atoms with Crippen LogP contribution in [0.2, 0.25) is 0 Å². The molecule has 50 heavy (non-hydrogen) atoms. The van der Waals surface area contributed by atoms with Gasteiger partial charge in [0.15, 0.2) is 5.78 Å². The first-order valence-corrected chi connectivity index (χ1v) is 18.0. The smallest absolute Gasteiger partial charge is 0.164 e. The minimum Gasteiger partial charge on any atom is -0.512 e. The molecular formula is C45H53IrN2O2-. The molecular weight excluding hydrogens is 793 g/mol. The van der Waals surface area contributed by atoms with E-state index >= 15 is 0 Å². The van der Waals surface area contributed by atoms with Gasteiger partial charge in [0.1, 0.15) is 12.1 Å². The van der Waals surface area contributed by atoms with E-state index in [1.807, 2.05) is 41.5 Å². The van der Waals surface area contributed by atoms with Crippen LogP contribution in [-0.4, -0.2) is 20.9 Å². The van der Waals surface area contributed by atoms with Gasteiger partial charge in [-0.25, -0.2) is 4.98 Å². The number of hydrogen-bond acceptors (Lipinski definition) is 4. The Hall–Kier alpha value is -3.66. The second kappa shape index (κ2) is 15.3. The van der Waals surface area contributed by atoms with Crippen molar-refractivity contribution in [1.82, 2.24) is 9.97 Å². The van der Waals surface area contributed by atoms with Crippen LogP contribution in [0.1, 0.15) is 118 Å². The maximum Gasteiger partial charge on any atom is 0.164 e. The molecule has 1 heterocycles. The largest absolute Gasteiger partial charge is 0.512 e. The molecule has 5 heteroatoms. The second-order valence-electron chi connectivity index (χ2n) is 15.0. The van der Waals surface area contributed by atoms with Crippen LogP contribution in [0.3, 0.4) is 0 Å². The van der Waals surface area contributed by atoms with Crippen molar-refractivity contribution < 1.29 is 30.0 Å². The van der Waals surface area contributed by atoms with Crippen molar-refractivity contribution >= 4 is 27.3 Å². The predicted molar refractivity (Wildman–Crippen MR) is 206 cm³/mol. The fourth-order valence-electron chi connectivity index (χ4n) is 7.25. The van der Waals surface area contributed by atoms with Crippen LogP contribution in [0.5, 0.6) is 0 Å². The van der Waals surface area contributed by atoms with Gasteiger partial charge in [-0.2, -0.15) is 0 Å². The van der Waals surface area contributed by atoms with Crippen LogP contribution in [0.25, 0.3) is 44.1 Å². The summed E-state index contributed by atoms with van der Waals surface area (Å²) in [6, 6.07) is 27.5. The molecule has 1 aliphatic rings. The number of carbonyl (C=O) groups excluding carboxylic acids is 1. The molecule has 1 radical (unpaired) electrons. The fraction of sp³-hybridized carbons (Fsp3) is 0.400. The molecule has 0 atom stereocenters. The minimum atomic E-state index is -0.337. The van der Waals surface area contributed by atoms with E-state index in [4.69, 9.17) is 9.97 Å². The molecule has 265 valence electrons. The van der Waals surface area contributed by atoms with E-state index in [1.165, 1.54) is 49.9 Å². The van der Waals surface area contributed by atoms with E-state index in [2.05, 4.69) is 100 Å². The first kappa shape index (κ1) is 39.1. The van der Waals surface area contributed by atoms with E-state index in [1.54, 1.807) is 6.33 Å². The van der Waals surface area contributed by atoms with E-state index in [-0.39, 0.29) is 47.9 Å². The number of hydrogen-bond donors (Lipinski definition) is 1. The molecule has 0 saturated carbocycles. The Morgan fingerprint density at radius 1 is 0.800 bits per heavy atom. The van der Waals surface area contributed by atoms with Crippen LogP contribution < -0.4 is 0 Å². The van der Waals surface area contributed by atoms with Crippen molar-refractivity contribution in [3.8, 4) is 22.5 Å². The molecule has 0 spiro atoms. The fourth-order valence-corrected chi connectivity index (χ4v) is 7.25. The summed E-state index contributed by atoms with van der Waals surface area (Å²) in [7, 11) is 0. The average molecular weight is 846 g/mol. The third-order valence-corrected chi connectivity index (χ3v) is 11.6. The Balaban J connectivity index is 0.000000269. The molecule has 0 unspecified atom stereocenters. The molecule has 5 aromatic rings. The first-order valence-electron chi connectivity index (χ1n) is 18.0. The summed E-state index contributed by atoms with van der Waals surface area (Å²) < 4.78 is 0. The summed E-state index contributed by atoms with van der Waals surface area (Å²) in [6.45, 7) is 21.2. The minimum absolute atomic E-state index is 0. The van der Waals surface area contributed by atoms with Gasteiger partial charge in [-0.3, -0.25) is 9.78 Å². The molecule has 6 rings (SSSR count).